The van der Waals surface area contributed by atoms with E-state index in [1.807, 2.05) is 42.5 Å². The minimum Gasteiger partial charge on any atom is -0.387 e. The third-order valence-corrected chi connectivity index (χ3v) is 3.69. The van der Waals surface area contributed by atoms with Crippen molar-refractivity contribution in [3.63, 3.8) is 0 Å². The molecule has 3 rings (SSSR count). The zero-order valence-electron chi connectivity index (χ0n) is 11.0. The van der Waals surface area contributed by atoms with Crippen molar-refractivity contribution in [2.24, 2.45) is 0 Å². The van der Waals surface area contributed by atoms with Crippen molar-refractivity contribution < 1.29 is 14.7 Å². The van der Waals surface area contributed by atoms with Gasteiger partial charge in [0.1, 0.15) is 0 Å². The number of fused-ring (bicyclic) bond motifs is 1. The lowest BCUT2D eigenvalue weighted by Crippen LogP contribution is -2.33. The Hall–Kier alpha value is -2.20. The van der Waals surface area contributed by atoms with Gasteiger partial charge in [-0.05, 0) is 16.3 Å². The highest BCUT2D eigenvalue weighted by atomic mass is 16.3. The topological polar surface area (TPSA) is 57.6 Å². The van der Waals surface area contributed by atoms with Crippen LogP contribution < -0.4 is 0 Å². The number of β-amino-alcohol motifs (C(OH)–C–C–N with tert-alkyl or cyclic N) is 1. The molecule has 2 amide bonds. The third kappa shape index (κ3) is 2.18. The molecular formula is C16H15NO3. The number of hydrogen-bond donors (Lipinski definition) is 1. The Labute approximate surface area is 116 Å². The number of benzene rings is 2. The van der Waals surface area contributed by atoms with E-state index in [2.05, 4.69) is 0 Å². The second-order valence-electron chi connectivity index (χ2n) is 4.98. The van der Waals surface area contributed by atoms with Gasteiger partial charge in [0.25, 0.3) is 0 Å². The molecule has 0 saturated carbocycles. The van der Waals surface area contributed by atoms with Crippen molar-refractivity contribution in [3.8, 4) is 0 Å². The number of rotatable bonds is 3. The van der Waals surface area contributed by atoms with Gasteiger partial charge in [-0.3, -0.25) is 14.5 Å². The molecule has 1 atom stereocenters. The van der Waals surface area contributed by atoms with E-state index < -0.39 is 6.10 Å². The van der Waals surface area contributed by atoms with E-state index in [-0.39, 0.29) is 31.2 Å². The first-order valence-electron chi connectivity index (χ1n) is 6.66. The number of carbonyl (C=O) groups excluding carboxylic acids is 2. The van der Waals surface area contributed by atoms with Gasteiger partial charge >= 0.3 is 0 Å². The number of aliphatic hydroxyl groups excluding tert-OH is 1. The molecule has 2 aromatic carbocycles. The summed E-state index contributed by atoms with van der Waals surface area (Å²) < 4.78 is 0. The zero-order chi connectivity index (χ0) is 14.1. The van der Waals surface area contributed by atoms with Gasteiger partial charge in [0, 0.05) is 12.8 Å². The highest BCUT2D eigenvalue weighted by Crippen LogP contribution is 2.26. The zero-order valence-corrected chi connectivity index (χ0v) is 11.0. The number of likely N-dealkylation sites (tertiary alicyclic amines) is 1. The van der Waals surface area contributed by atoms with E-state index in [9.17, 15) is 14.7 Å². The molecule has 2 aromatic rings. The first-order valence-corrected chi connectivity index (χ1v) is 6.66. The van der Waals surface area contributed by atoms with Crippen LogP contribution in [0.1, 0.15) is 24.5 Å². The molecule has 0 radical (unpaired) electrons. The molecule has 1 saturated heterocycles. The van der Waals surface area contributed by atoms with Crippen molar-refractivity contribution >= 4 is 22.6 Å². The van der Waals surface area contributed by atoms with Crippen molar-refractivity contribution in [3.05, 3.63) is 48.0 Å². The van der Waals surface area contributed by atoms with E-state index in [1.54, 1.807) is 0 Å². The standard InChI is InChI=1S/C16H15NO3/c18-14(10-17-15(19)8-9-16(17)20)13-7-3-5-11-4-1-2-6-12(11)13/h1-7,14,18H,8-10H2. The summed E-state index contributed by atoms with van der Waals surface area (Å²) in [7, 11) is 0. The first-order chi connectivity index (χ1) is 9.66. The Morgan fingerprint density at radius 1 is 1.00 bits per heavy atom. The van der Waals surface area contributed by atoms with Crippen LogP contribution in [0.5, 0.6) is 0 Å². The minimum absolute atomic E-state index is 0.0334. The van der Waals surface area contributed by atoms with Gasteiger partial charge < -0.3 is 5.11 Å². The van der Waals surface area contributed by atoms with Gasteiger partial charge in [-0.25, -0.2) is 0 Å². The van der Waals surface area contributed by atoms with Crippen LogP contribution in [0.15, 0.2) is 42.5 Å². The summed E-state index contributed by atoms with van der Waals surface area (Å²) in [6.45, 7) is 0.0334. The average Bonchev–Trinajstić information content (AvgIpc) is 2.78. The van der Waals surface area contributed by atoms with Crippen LogP contribution in [0.2, 0.25) is 0 Å². The molecule has 1 fully saturated rings. The number of imide groups is 1. The van der Waals surface area contributed by atoms with Crippen LogP contribution in [0.3, 0.4) is 0 Å². The molecule has 0 spiro atoms. The highest BCUT2D eigenvalue weighted by molar-refractivity contribution is 6.02. The molecular weight excluding hydrogens is 254 g/mol. The highest BCUT2D eigenvalue weighted by Gasteiger charge is 2.30. The Kier molecular flexibility index (Phi) is 3.24. The van der Waals surface area contributed by atoms with Crippen molar-refractivity contribution in [2.45, 2.75) is 18.9 Å². The lowest BCUT2D eigenvalue weighted by Gasteiger charge is -2.20. The summed E-state index contributed by atoms with van der Waals surface area (Å²) in [5, 5.41) is 12.3. The van der Waals surface area contributed by atoms with Crippen LogP contribution in [-0.2, 0) is 9.59 Å². The molecule has 1 aliphatic rings. The maximum absolute atomic E-state index is 11.6. The molecule has 0 aliphatic carbocycles. The van der Waals surface area contributed by atoms with Gasteiger partial charge in [-0.2, -0.15) is 0 Å². The van der Waals surface area contributed by atoms with Gasteiger partial charge in [0.15, 0.2) is 0 Å². The van der Waals surface area contributed by atoms with E-state index in [0.717, 1.165) is 21.2 Å². The van der Waals surface area contributed by atoms with Crippen LogP contribution in [0.4, 0.5) is 0 Å². The fourth-order valence-electron chi connectivity index (χ4n) is 2.64. The Bertz CT molecular complexity index is 659. The van der Waals surface area contributed by atoms with Crippen molar-refractivity contribution in [1.29, 1.82) is 0 Å². The Morgan fingerprint density at radius 2 is 1.65 bits per heavy atom. The maximum Gasteiger partial charge on any atom is 0.229 e. The lowest BCUT2D eigenvalue weighted by molar-refractivity contribution is -0.140. The Morgan fingerprint density at radius 3 is 2.40 bits per heavy atom. The maximum atomic E-state index is 11.6. The molecule has 4 heteroatoms. The van der Waals surface area contributed by atoms with Gasteiger partial charge in [-0.15, -0.1) is 0 Å². The summed E-state index contributed by atoms with van der Waals surface area (Å²) in [5.41, 5.74) is 0.746. The van der Waals surface area contributed by atoms with E-state index >= 15 is 0 Å². The molecule has 20 heavy (non-hydrogen) atoms. The third-order valence-electron chi connectivity index (χ3n) is 3.69. The van der Waals surface area contributed by atoms with Crippen molar-refractivity contribution in [2.75, 3.05) is 6.54 Å². The largest absolute Gasteiger partial charge is 0.387 e. The lowest BCUT2D eigenvalue weighted by atomic mass is 10.00. The minimum atomic E-state index is -0.855. The second kappa shape index (κ2) is 5.06. The van der Waals surface area contributed by atoms with Gasteiger partial charge in [-0.1, -0.05) is 42.5 Å². The number of aliphatic hydroxyl groups is 1. The number of amides is 2. The monoisotopic (exact) mass is 269 g/mol. The molecule has 1 aliphatic heterocycles. The summed E-state index contributed by atoms with van der Waals surface area (Å²) in [6.07, 6.45) is -0.352. The smallest absolute Gasteiger partial charge is 0.229 e. The molecule has 102 valence electrons. The normalized spacial score (nSPS) is 16.9. The average molecular weight is 269 g/mol. The van der Waals surface area contributed by atoms with E-state index in [0.29, 0.717) is 0 Å². The molecule has 1 heterocycles. The SMILES string of the molecule is O=C1CCC(=O)N1CC(O)c1cccc2ccccc12. The molecule has 1 N–H and O–H groups in total. The predicted octanol–water partition coefficient (Wildman–Crippen LogP) is 2.02. The predicted molar refractivity (Wildman–Crippen MR) is 74.9 cm³/mol. The molecule has 4 nitrogen and oxygen atoms in total. The van der Waals surface area contributed by atoms with Crippen LogP contribution >= 0.6 is 0 Å². The van der Waals surface area contributed by atoms with Crippen LogP contribution in [-0.4, -0.2) is 28.4 Å². The molecule has 0 aromatic heterocycles. The number of nitrogens with zero attached hydrogens (tertiary/aromatic N) is 1. The van der Waals surface area contributed by atoms with E-state index in [1.165, 1.54) is 0 Å². The quantitative estimate of drug-likeness (QED) is 0.867. The summed E-state index contributed by atoms with van der Waals surface area (Å²) in [5.74, 6) is -0.399. The van der Waals surface area contributed by atoms with Crippen LogP contribution in [0.25, 0.3) is 10.8 Å². The van der Waals surface area contributed by atoms with Gasteiger partial charge in [0.2, 0.25) is 11.8 Å². The fraction of sp³-hybridized carbons (Fsp3) is 0.250. The molecule has 0 bridgehead atoms. The summed E-state index contributed by atoms with van der Waals surface area (Å²) >= 11 is 0. The molecule has 1 unspecified atom stereocenters. The van der Waals surface area contributed by atoms with Gasteiger partial charge in [0.05, 0.1) is 12.6 Å². The summed E-state index contributed by atoms with van der Waals surface area (Å²) in [4.78, 5) is 24.4. The van der Waals surface area contributed by atoms with E-state index in [4.69, 9.17) is 0 Å². The number of hydrogen-bond acceptors (Lipinski definition) is 3. The fourth-order valence-corrected chi connectivity index (χ4v) is 2.64. The van der Waals surface area contributed by atoms with Crippen LogP contribution in [0, 0.1) is 0 Å². The first kappa shape index (κ1) is 12.8. The van der Waals surface area contributed by atoms with Crippen molar-refractivity contribution in [1.82, 2.24) is 4.90 Å². The summed E-state index contributed by atoms with van der Waals surface area (Å²) in [6, 6.07) is 13.4. The number of carbonyl (C=O) groups is 2. The Balaban J connectivity index is 1.91. The second-order valence-corrected chi connectivity index (χ2v) is 4.98.